The van der Waals surface area contributed by atoms with E-state index in [0.717, 1.165) is 4.26 Å². The van der Waals surface area contributed by atoms with E-state index >= 15 is 0 Å². The van der Waals surface area contributed by atoms with Crippen molar-refractivity contribution in [3.05, 3.63) is 58.6 Å². The average molecular weight is 322 g/mol. The standard InChI is InChI=1S/C14H10FNO2Se/c1-18-12-8-9(15)6-7-11(12)16-14(17)10-4-2-3-5-13(10)19-16/h2-8H,1H3. The summed E-state index contributed by atoms with van der Waals surface area (Å²) >= 11 is -0.140. The van der Waals surface area contributed by atoms with Gasteiger partial charge < -0.3 is 0 Å². The Morgan fingerprint density at radius 1 is 1.21 bits per heavy atom. The Bertz CT molecular complexity index is 807. The Labute approximate surface area is 114 Å². The first-order valence-electron chi connectivity index (χ1n) is 5.65. The van der Waals surface area contributed by atoms with Crippen molar-refractivity contribution in [2.75, 3.05) is 7.11 Å². The fourth-order valence-electron chi connectivity index (χ4n) is 1.95. The zero-order valence-electron chi connectivity index (χ0n) is 10.1. The van der Waals surface area contributed by atoms with Crippen LogP contribution in [0, 0.1) is 5.82 Å². The number of aromatic nitrogens is 1. The van der Waals surface area contributed by atoms with Crippen LogP contribution in [0.4, 0.5) is 4.39 Å². The Balaban J connectivity index is 2.30. The summed E-state index contributed by atoms with van der Waals surface area (Å²) in [6, 6.07) is 11.7. The second-order valence-corrected chi connectivity index (χ2v) is 6.08. The van der Waals surface area contributed by atoms with Crippen LogP contribution in [0.2, 0.25) is 0 Å². The molecule has 0 N–H and O–H groups in total. The molecule has 0 aliphatic rings. The van der Waals surface area contributed by atoms with E-state index in [4.69, 9.17) is 4.74 Å². The van der Waals surface area contributed by atoms with Crippen molar-refractivity contribution in [2.45, 2.75) is 0 Å². The number of hydrogen-bond donors (Lipinski definition) is 0. The van der Waals surface area contributed by atoms with Crippen LogP contribution in [-0.2, 0) is 0 Å². The Hall–Kier alpha value is -1.84. The van der Waals surface area contributed by atoms with Gasteiger partial charge in [0.1, 0.15) is 0 Å². The summed E-state index contributed by atoms with van der Waals surface area (Å²) in [4.78, 5) is 12.3. The third-order valence-electron chi connectivity index (χ3n) is 2.85. The van der Waals surface area contributed by atoms with Crippen molar-refractivity contribution in [3.8, 4) is 11.4 Å². The molecule has 0 amide bonds. The topological polar surface area (TPSA) is 31.2 Å². The summed E-state index contributed by atoms with van der Waals surface area (Å²) in [6.07, 6.45) is 0. The van der Waals surface area contributed by atoms with E-state index in [1.807, 2.05) is 24.3 Å². The van der Waals surface area contributed by atoms with Crippen LogP contribution in [0.3, 0.4) is 0 Å². The van der Waals surface area contributed by atoms with E-state index in [0.29, 0.717) is 16.8 Å². The number of rotatable bonds is 2. The van der Waals surface area contributed by atoms with Gasteiger partial charge in [-0.1, -0.05) is 0 Å². The third kappa shape index (κ3) is 2.01. The van der Waals surface area contributed by atoms with Gasteiger partial charge in [0.15, 0.2) is 0 Å². The van der Waals surface area contributed by atoms with Crippen LogP contribution in [-0.4, -0.2) is 25.4 Å². The SMILES string of the molecule is COc1cc(F)ccc1-n1[se]c2ccccc2c1=O. The summed E-state index contributed by atoms with van der Waals surface area (Å²) in [5.41, 5.74) is 0.561. The van der Waals surface area contributed by atoms with Crippen LogP contribution in [0.15, 0.2) is 47.3 Å². The van der Waals surface area contributed by atoms with Crippen molar-refractivity contribution in [1.29, 1.82) is 0 Å². The van der Waals surface area contributed by atoms with Crippen molar-refractivity contribution >= 4 is 24.4 Å². The monoisotopic (exact) mass is 323 g/mol. The molecule has 0 atom stereocenters. The van der Waals surface area contributed by atoms with Gasteiger partial charge in [0.2, 0.25) is 0 Å². The van der Waals surface area contributed by atoms with Gasteiger partial charge in [0, 0.05) is 0 Å². The van der Waals surface area contributed by atoms with Gasteiger partial charge in [-0.2, -0.15) is 0 Å². The van der Waals surface area contributed by atoms with Crippen LogP contribution < -0.4 is 10.3 Å². The predicted molar refractivity (Wildman–Crippen MR) is 73.0 cm³/mol. The number of fused-ring (bicyclic) bond motifs is 1. The number of benzene rings is 2. The summed E-state index contributed by atoms with van der Waals surface area (Å²) in [5, 5.41) is 0.717. The molecule has 0 unspecified atom stereocenters. The maximum absolute atomic E-state index is 13.2. The molecule has 0 saturated heterocycles. The molecule has 0 saturated carbocycles. The van der Waals surface area contributed by atoms with Crippen LogP contribution in [0.25, 0.3) is 15.3 Å². The Kier molecular flexibility index (Phi) is 3.01. The molecule has 0 bridgehead atoms. The van der Waals surface area contributed by atoms with Crippen LogP contribution in [0.1, 0.15) is 0 Å². The van der Waals surface area contributed by atoms with Gasteiger partial charge in [-0.05, 0) is 0 Å². The minimum atomic E-state index is -0.378. The molecule has 3 nitrogen and oxygen atoms in total. The van der Waals surface area contributed by atoms with Crippen molar-refractivity contribution in [2.24, 2.45) is 0 Å². The summed E-state index contributed by atoms with van der Waals surface area (Å²) in [5.74, 6) is 0.000270. The van der Waals surface area contributed by atoms with Crippen molar-refractivity contribution in [3.63, 3.8) is 0 Å². The number of halogens is 1. The van der Waals surface area contributed by atoms with Gasteiger partial charge in [0.25, 0.3) is 0 Å². The van der Waals surface area contributed by atoms with E-state index in [-0.39, 0.29) is 26.1 Å². The maximum atomic E-state index is 13.2. The van der Waals surface area contributed by atoms with Gasteiger partial charge in [-0.3, -0.25) is 0 Å². The molecule has 1 aromatic heterocycles. The molecule has 5 heteroatoms. The third-order valence-corrected chi connectivity index (χ3v) is 5.16. The van der Waals surface area contributed by atoms with Gasteiger partial charge >= 0.3 is 114 Å². The van der Waals surface area contributed by atoms with E-state index in [9.17, 15) is 9.18 Å². The number of hydrogen-bond acceptors (Lipinski definition) is 2. The second-order valence-electron chi connectivity index (χ2n) is 4.00. The van der Waals surface area contributed by atoms with Gasteiger partial charge in [-0.25, -0.2) is 0 Å². The van der Waals surface area contributed by atoms with E-state index in [1.54, 1.807) is 9.63 Å². The molecule has 0 spiro atoms. The minimum absolute atomic E-state index is 0.0551. The number of ether oxygens (including phenoxy) is 1. The van der Waals surface area contributed by atoms with E-state index in [1.165, 1.54) is 19.2 Å². The molecule has 0 radical (unpaired) electrons. The molecule has 2 aromatic carbocycles. The molecule has 3 aromatic rings. The zero-order chi connectivity index (χ0) is 13.4. The first kappa shape index (κ1) is 12.2. The second kappa shape index (κ2) is 4.68. The summed E-state index contributed by atoms with van der Waals surface area (Å²) < 4.78 is 21.1. The summed E-state index contributed by atoms with van der Waals surface area (Å²) in [7, 11) is 1.47. The van der Waals surface area contributed by atoms with Crippen LogP contribution in [0.5, 0.6) is 5.75 Å². The molecule has 0 aliphatic heterocycles. The fourth-order valence-corrected chi connectivity index (χ4v) is 4.09. The van der Waals surface area contributed by atoms with Gasteiger partial charge in [0.05, 0.1) is 0 Å². The molecule has 0 aliphatic carbocycles. The first-order valence-corrected chi connectivity index (χ1v) is 7.28. The Morgan fingerprint density at radius 2 is 2.00 bits per heavy atom. The normalized spacial score (nSPS) is 10.8. The van der Waals surface area contributed by atoms with Crippen LogP contribution >= 0.6 is 0 Å². The van der Waals surface area contributed by atoms with Crippen molar-refractivity contribution < 1.29 is 9.13 Å². The molecule has 19 heavy (non-hydrogen) atoms. The van der Waals surface area contributed by atoms with Crippen molar-refractivity contribution in [1.82, 2.24) is 3.56 Å². The van der Waals surface area contributed by atoms with E-state index in [2.05, 4.69) is 0 Å². The zero-order valence-corrected chi connectivity index (χ0v) is 11.8. The molecule has 1 heterocycles. The Morgan fingerprint density at radius 3 is 2.74 bits per heavy atom. The molecule has 96 valence electrons. The number of methoxy groups -OCH3 is 1. The van der Waals surface area contributed by atoms with Gasteiger partial charge in [-0.15, -0.1) is 0 Å². The quantitative estimate of drug-likeness (QED) is 0.677. The van der Waals surface area contributed by atoms with E-state index < -0.39 is 0 Å². The predicted octanol–water partition coefficient (Wildman–Crippen LogP) is 2.20. The fraction of sp³-hybridized carbons (Fsp3) is 0.0714. The average Bonchev–Trinajstić information content (AvgIpc) is 2.76. The molecule has 3 rings (SSSR count). The molecular weight excluding hydrogens is 312 g/mol. The first-order chi connectivity index (χ1) is 9.20. The molecule has 0 fully saturated rings. The molecular formula is C14H10FNO2Se. The summed E-state index contributed by atoms with van der Waals surface area (Å²) in [6.45, 7) is 0. The number of nitrogens with zero attached hydrogens (tertiary/aromatic N) is 1.